The van der Waals surface area contributed by atoms with Crippen LogP contribution in [0, 0.1) is 0 Å². The Bertz CT molecular complexity index is 430. The van der Waals surface area contributed by atoms with E-state index in [4.69, 9.17) is 4.74 Å². The first-order valence-corrected chi connectivity index (χ1v) is 7.85. The fraction of sp³-hybridized carbons (Fsp3) is 0.533. The molecule has 0 aliphatic carbocycles. The maximum absolute atomic E-state index is 12.1. The number of halogens is 1. The van der Waals surface area contributed by atoms with Crippen molar-refractivity contribution in [1.29, 1.82) is 0 Å². The topological polar surface area (TPSA) is 50.4 Å². The molecule has 0 radical (unpaired) electrons. The van der Waals surface area contributed by atoms with Crippen molar-refractivity contribution >= 4 is 21.8 Å². The molecule has 1 aliphatic heterocycles. The predicted molar refractivity (Wildman–Crippen MR) is 82.5 cm³/mol. The number of hydrogen-bond acceptors (Lipinski definition) is 3. The summed E-state index contributed by atoms with van der Waals surface area (Å²) in [5, 5.41) is 6.32. The van der Waals surface area contributed by atoms with Crippen molar-refractivity contribution in [2.45, 2.75) is 31.9 Å². The van der Waals surface area contributed by atoms with Crippen LogP contribution < -0.4 is 10.6 Å². The molecule has 1 heterocycles. The zero-order valence-corrected chi connectivity index (χ0v) is 13.3. The molecule has 1 amide bonds. The second-order valence-electron chi connectivity index (χ2n) is 4.98. The first kappa shape index (κ1) is 15.5. The van der Waals surface area contributed by atoms with Crippen LogP contribution in [0.5, 0.6) is 0 Å². The van der Waals surface area contributed by atoms with Gasteiger partial charge in [-0.25, -0.2) is 0 Å². The summed E-state index contributed by atoms with van der Waals surface area (Å²) < 4.78 is 6.60. The van der Waals surface area contributed by atoms with Crippen molar-refractivity contribution in [3.05, 3.63) is 34.3 Å². The second kappa shape index (κ2) is 7.76. The highest BCUT2D eigenvalue weighted by Crippen LogP contribution is 2.19. The molecular formula is C15H21BrN2O2. The van der Waals surface area contributed by atoms with E-state index < -0.39 is 0 Å². The monoisotopic (exact) mass is 340 g/mol. The van der Waals surface area contributed by atoms with Crippen LogP contribution in [0.25, 0.3) is 0 Å². The molecule has 1 aromatic carbocycles. The molecule has 110 valence electrons. The smallest absolute Gasteiger partial charge is 0.223 e. The molecule has 1 aromatic rings. The fourth-order valence-corrected chi connectivity index (χ4v) is 2.59. The lowest BCUT2D eigenvalue weighted by atomic mass is 10.0. The van der Waals surface area contributed by atoms with Gasteiger partial charge in [-0.1, -0.05) is 35.0 Å². The molecular weight excluding hydrogens is 320 g/mol. The number of carbonyl (C=O) groups excluding carboxylic acids is 1. The number of rotatable bonds is 5. The molecule has 1 aliphatic rings. The van der Waals surface area contributed by atoms with E-state index in [1.807, 2.05) is 24.3 Å². The van der Waals surface area contributed by atoms with Crippen LogP contribution in [-0.4, -0.2) is 31.7 Å². The van der Waals surface area contributed by atoms with Gasteiger partial charge in [-0.05, 0) is 24.1 Å². The number of ether oxygens (including phenoxy) is 1. The number of amides is 1. The van der Waals surface area contributed by atoms with Gasteiger partial charge >= 0.3 is 0 Å². The SMILES string of the molecule is CC[C@H](NC(=O)C[C@@H]1CNCCO1)c1ccc(Br)cc1. The number of hydrogen-bond donors (Lipinski definition) is 2. The van der Waals surface area contributed by atoms with Crippen LogP contribution in [0.15, 0.2) is 28.7 Å². The zero-order chi connectivity index (χ0) is 14.4. The molecule has 5 heteroatoms. The maximum atomic E-state index is 12.1. The summed E-state index contributed by atoms with van der Waals surface area (Å²) in [7, 11) is 0. The largest absolute Gasteiger partial charge is 0.375 e. The van der Waals surface area contributed by atoms with Crippen molar-refractivity contribution in [3.63, 3.8) is 0 Å². The summed E-state index contributed by atoms with van der Waals surface area (Å²) in [6.45, 7) is 4.38. The summed E-state index contributed by atoms with van der Waals surface area (Å²) in [5.41, 5.74) is 1.13. The van der Waals surface area contributed by atoms with Gasteiger partial charge in [0.15, 0.2) is 0 Å². The average molecular weight is 341 g/mol. The van der Waals surface area contributed by atoms with Gasteiger partial charge < -0.3 is 15.4 Å². The van der Waals surface area contributed by atoms with E-state index in [0.29, 0.717) is 13.0 Å². The van der Waals surface area contributed by atoms with Gasteiger partial charge in [0.2, 0.25) is 5.91 Å². The van der Waals surface area contributed by atoms with E-state index in [-0.39, 0.29) is 18.1 Å². The lowest BCUT2D eigenvalue weighted by Crippen LogP contribution is -2.41. The van der Waals surface area contributed by atoms with Gasteiger partial charge in [-0.2, -0.15) is 0 Å². The molecule has 0 saturated carbocycles. The van der Waals surface area contributed by atoms with Gasteiger partial charge in [0.25, 0.3) is 0 Å². The van der Waals surface area contributed by atoms with E-state index in [0.717, 1.165) is 29.5 Å². The third-order valence-corrected chi connectivity index (χ3v) is 3.96. The van der Waals surface area contributed by atoms with E-state index in [2.05, 4.69) is 33.5 Å². The highest BCUT2D eigenvalue weighted by Gasteiger charge is 2.19. The molecule has 1 saturated heterocycles. The first-order chi connectivity index (χ1) is 9.69. The third kappa shape index (κ3) is 4.58. The maximum Gasteiger partial charge on any atom is 0.223 e. The number of carbonyl (C=O) groups is 1. The van der Waals surface area contributed by atoms with Gasteiger partial charge in [-0.15, -0.1) is 0 Å². The van der Waals surface area contributed by atoms with Crippen molar-refractivity contribution in [2.75, 3.05) is 19.7 Å². The molecule has 2 atom stereocenters. The van der Waals surface area contributed by atoms with Gasteiger partial charge in [0, 0.05) is 17.6 Å². The normalized spacial score (nSPS) is 20.4. The van der Waals surface area contributed by atoms with Crippen LogP contribution in [0.2, 0.25) is 0 Å². The Morgan fingerprint density at radius 1 is 1.50 bits per heavy atom. The third-order valence-electron chi connectivity index (χ3n) is 3.43. The summed E-state index contributed by atoms with van der Waals surface area (Å²) in [5.74, 6) is 0.0495. The lowest BCUT2D eigenvalue weighted by Gasteiger charge is -2.24. The molecule has 0 bridgehead atoms. The van der Waals surface area contributed by atoms with Crippen molar-refractivity contribution in [2.24, 2.45) is 0 Å². The van der Waals surface area contributed by atoms with Crippen molar-refractivity contribution in [3.8, 4) is 0 Å². The molecule has 2 N–H and O–H groups in total. The van der Waals surface area contributed by atoms with Crippen molar-refractivity contribution in [1.82, 2.24) is 10.6 Å². The Morgan fingerprint density at radius 2 is 2.25 bits per heavy atom. The summed E-state index contributed by atoms with van der Waals surface area (Å²) in [4.78, 5) is 12.1. The van der Waals surface area contributed by atoms with Crippen LogP contribution in [-0.2, 0) is 9.53 Å². The predicted octanol–water partition coefficient (Wildman–Crippen LogP) is 2.39. The molecule has 1 fully saturated rings. The van der Waals surface area contributed by atoms with E-state index in [1.54, 1.807) is 0 Å². The minimum atomic E-state index is -0.00817. The van der Waals surface area contributed by atoms with Crippen LogP contribution in [0.4, 0.5) is 0 Å². The number of morpholine rings is 1. The second-order valence-corrected chi connectivity index (χ2v) is 5.90. The standard InChI is InChI=1S/C15H21BrN2O2/c1-2-14(11-3-5-12(16)6-4-11)18-15(19)9-13-10-17-7-8-20-13/h3-6,13-14,17H,2,7-10H2,1H3,(H,18,19)/t13-,14+/m1/s1. The van der Waals surface area contributed by atoms with Crippen LogP contribution in [0.1, 0.15) is 31.4 Å². The highest BCUT2D eigenvalue weighted by molar-refractivity contribution is 9.10. The highest BCUT2D eigenvalue weighted by atomic mass is 79.9. The van der Waals surface area contributed by atoms with Gasteiger partial charge in [-0.3, -0.25) is 4.79 Å². The molecule has 4 nitrogen and oxygen atoms in total. The molecule has 0 spiro atoms. The Morgan fingerprint density at radius 3 is 2.85 bits per heavy atom. The summed E-state index contributed by atoms with van der Waals surface area (Å²) >= 11 is 3.42. The van der Waals surface area contributed by atoms with Gasteiger partial charge in [0.1, 0.15) is 0 Å². The Balaban J connectivity index is 1.88. The number of nitrogens with one attached hydrogen (secondary N) is 2. The minimum absolute atomic E-state index is 0.00817. The number of benzene rings is 1. The molecule has 2 rings (SSSR count). The quantitative estimate of drug-likeness (QED) is 0.865. The first-order valence-electron chi connectivity index (χ1n) is 7.06. The van der Waals surface area contributed by atoms with Gasteiger partial charge in [0.05, 0.1) is 25.2 Å². The molecule has 0 unspecified atom stereocenters. The van der Waals surface area contributed by atoms with E-state index in [9.17, 15) is 4.79 Å². The van der Waals surface area contributed by atoms with Crippen LogP contribution >= 0.6 is 15.9 Å². The summed E-state index contributed by atoms with van der Waals surface area (Å²) in [6.07, 6.45) is 1.28. The van der Waals surface area contributed by atoms with Crippen LogP contribution in [0.3, 0.4) is 0 Å². The molecule has 20 heavy (non-hydrogen) atoms. The van der Waals surface area contributed by atoms with E-state index in [1.165, 1.54) is 0 Å². The minimum Gasteiger partial charge on any atom is -0.375 e. The fourth-order valence-electron chi connectivity index (χ4n) is 2.33. The zero-order valence-electron chi connectivity index (χ0n) is 11.7. The Hall–Kier alpha value is -0.910. The lowest BCUT2D eigenvalue weighted by molar-refractivity contribution is -0.125. The average Bonchev–Trinajstić information content (AvgIpc) is 2.47. The Labute approximate surface area is 128 Å². The van der Waals surface area contributed by atoms with E-state index >= 15 is 0 Å². The van der Waals surface area contributed by atoms with Crippen molar-refractivity contribution < 1.29 is 9.53 Å². The summed E-state index contributed by atoms with van der Waals surface area (Å²) in [6, 6.07) is 8.14. The molecule has 0 aromatic heterocycles. The Kier molecular flexibility index (Phi) is 6.01.